The lowest BCUT2D eigenvalue weighted by molar-refractivity contribution is 0.112. The summed E-state index contributed by atoms with van der Waals surface area (Å²) in [5.41, 5.74) is 1.39. The fourth-order valence-corrected chi connectivity index (χ4v) is 3.12. The largest absolute Gasteiger partial charge is 0.396 e. The van der Waals surface area contributed by atoms with Gasteiger partial charge in [0.2, 0.25) is 0 Å². The quantitative estimate of drug-likeness (QED) is 0.827. The molecule has 0 spiro atoms. The van der Waals surface area contributed by atoms with Crippen molar-refractivity contribution in [3.8, 4) is 0 Å². The fourth-order valence-electron chi connectivity index (χ4n) is 2.71. The summed E-state index contributed by atoms with van der Waals surface area (Å²) in [4.78, 5) is 3.86. The van der Waals surface area contributed by atoms with Crippen molar-refractivity contribution >= 4 is 11.8 Å². The zero-order valence-corrected chi connectivity index (χ0v) is 12.0. The van der Waals surface area contributed by atoms with Crippen LogP contribution >= 0.6 is 11.8 Å². The maximum absolute atomic E-state index is 9.14. The van der Waals surface area contributed by atoms with Gasteiger partial charge in [0.25, 0.3) is 0 Å². The van der Waals surface area contributed by atoms with Gasteiger partial charge in [0.15, 0.2) is 0 Å². The van der Waals surface area contributed by atoms with E-state index >= 15 is 0 Å². The Balaban J connectivity index is 1.96. The molecule has 1 N–H and O–H groups in total. The lowest BCUT2D eigenvalue weighted by Crippen LogP contribution is -2.39. The van der Waals surface area contributed by atoms with Gasteiger partial charge in [-0.15, -0.1) is 11.8 Å². The van der Waals surface area contributed by atoms with Crippen molar-refractivity contribution in [2.75, 3.05) is 19.4 Å². The average Bonchev–Trinajstić information content (AvgIpc) is 2.42. The van der Waals surface area contributed by atoms with Gasteiger partial charge in [-0.25, -0.2) is 0 Å². The van der Waals surface area contributed by atoms with Crippen molar-refractivity contribution in [3.05, 3.63) is 29.8 Å². The summed E-state index contributed by atoms with van der Waals surface area (Å²) in [5, 5.41) is 9.14. The highest BCUT2D eigenvalue weighted by Gasteiger charge is 2.21. The molecule has 1 aromatic carbocycles. The molecule has 1 aliphatic heterocycles. The van der Waals surface area contributed by atoms with E-state index in [0.29, 0.717) is 12.6 Å². The van der Waals surface area contributed by atoms with Gasteiger partial charge in [-0.05, 0) is 49.8 Å². The summed E-state index contributed by atoms with van der Waals surface area (Å²) >= 11 is 1.79. The minimum Gasteiger partial charge on any atom is -0.396 e. The average molecular weight is 265 g/mol. The van der Waals surface area contributed by atoms with Crippen molar-refractivity contribution in [2.45, 2.75) is 43.2 Å². The Labute approximate surface area is 114 Å². The summed E-state index contributed by atoms with van der Waals surface area (Å²) < 4.78 is 0. The second-order valence-electron chi connectivity index (χ2n) is 4.98. The molecular formula is C15H23NOS. The van der Waals surface area contributed by atoms with Crippen LogP contribution < -0.4 is 0 Å². The third kappa shape index (κ3) is 3.74. The molecule has 3 heteroatoms. The topological polar surface area (TPSA) is 23.5 Å². The zero-order valence-electron chi connectivity index (χ0n) is 11.1. The van der Waals surface area contributed by atoms with E-state index in [4.69, 9.17) is 5.11 Å². The van der Waals surface area contributed by atoms with Crippen LogP contribution in [0.25, 0.3) is 0 Å². The summed E-state index contributed by atoms with van der Waals surface area (Å²) in [6.45, 7) is 2.51. The Hall–Kier alpha value is -0.510. The molecule has 0 amide bonds. The smallest absolute Gasteiger partial charge is 0.0445 e. The minimum atomic E-state index is 0.312. The monoisotopic (exact) mass is 265 g/mol. The van der Waals surface area contributed by atoms with Crippen LogP contribution in [-0.2, 0) is 6.54 Å². The Kier molecular flexibility index (Phi) is 5.54. The van der Waals surface area contributed by atoms with E-state index in [1.54, 1.807) is 11.8 Å². The first-order valence-corrected chi connectivity index (χ1v) is 8.04. The SMILES string of the molecule is CSc1ccc(CN2CCCC[C@H]2CCO)cc1. The van der Waals surface area contributed by atoms with Gasteiger partial charge in [-0.3, -0.25) is 4.90 Å². The van der Waals surface area contributed by atoms with Gasteiger partial charge in [0.05, 0.1) is 0 Å². The van der Waals surface area contributed by atoms with Gasteiger partial charge in [-0.1, -0.05) is 18.6 Å². The molecule has 1 saturated heterocycles. The molecule has 2 rings (SSSR count). The van der Waals surface area contributed by atoms with Crippen molar-refractivity contribution < 1.29 is 5.11 Å². The maximum atomic E-state index is 9.14. The zero-order chi connectivity index (χ0) is 12.8. The van der Waals surface area contributed by atoms with Crippen molar-refractivity contribution in [1.29, 1.82) is 0 Å². The number of thioether (sulfide) groups is 1. The van der Waals surface area contributed by atoms with E-state index < -0.39 is 0 Å². The number of benzene rings is 1. The van der Waals surface area contributed by atoms with Crippen LogP contribution in [0.4, 0.5) is 0 Å². The molecule has 0 saturated carbocycles. The molecule has 100 valence electrons. The van der Waals surface area contributed by atoms with E-state index in [0.717, 1.165) is 13.0 Å². The molecule has 1 heterocycles. The molecule has 0 aromatic heterocycles. The Bertz CT molecular complexity index is 350. The van der Waals surface area contributed by atoms with Crippen LogP contribution in [-0.4, -0.2) is 35.5 Å². The first kappa shape index (κ1) is 13.9. The lowest BCUT2D eigenvalue weighted by atomic mass is 9.99. The number of aliphatic hydroxyl groups excluding tert-OH is 1. The van der Waals surface area contributed by atoms with Gasteiger partial charge in [0.1, 0.15) is 0 Å². The van der Waals surface area contributed by atoms with Crippen molar-refractivity contribution in [2.24, 2.45) is 0 Å². The highest BCUT2D eigenvalue weighted by Crippen LogP contribution is 2.22. The molecule has 1 atom stereocenters. The predicted molar refractivity (Wildman–Crippen MR) is 78.0 cm³/mol. The number of hydrogen-bond donors (Lipinski definition) is 1. The second kappa shape index (κ2) is 7.17. The van der Waals surface area contributed by atoms with Gasteiger partial charge >= 0.3 is 0 Å². The Morgan fingerprint density at radius 3 is 2.72 bits per heavy atom. The molecule has 0 radical (unpaired) electrons. The molecule has 0 aliphatic carbocycles. The number of aliphatic hydroxyl groups is 1. The van der Waals surface area contributed by atoms with E-state index in [1.165, 1.54) is 36.3 Å². The first-order chi connectivity index (χ1) is 8.83. The molecule has 1 fully saturated rings. The first-order valence-electron chi connectivity index (χ1n) is 6.81. The molecule has 1 aliphatic rings. The number of rotatable bonds is 5. The predicted octanol–water partition coefficient (Wildman–Crippen LogP) is 3.15. The third-order valence-corrected chi connectivity index (χ3v) is 4.50. The number of hydrogen-bond acceptors (Lipinski definition) is 3. The minimum absolute atomic E-state index is 0.312. The summed E-state index contributed by atoms with van der Waals surface area (Å²) in [6, 6.07) is 9.44. The third-order valence-electron chi connectivity index (χ3n) is 3.76. The molecule has 0 unspecified atom stereocenters. The number of nitrogens with zero attached hydrogens (tertiary/aromatic N) is 1. The molecule has 18 heavy (non-hydrogen) atoms. The van der Waals surface area contributed by atoms with Crippen LogP contribution in [0, 0.1) is 0 Å². The summed E-state index contributed by atoms with van der Waals surface area (Å²) in [7, 11) is 0. The van der Waals surface area contributed by atoms with Crippen LogP contribution in [0.5, 0.6) is 0 Å². The van der Waals surface area contributed by atoms with Gasteiger partial charge in [0, 0.05) is 24.1 Å². The maximum Gasteiger partial charge on any atom is 0.0445 e. The second-order valence-corrected chi connectivity index (χ2v) is 5.86. The Morgan fingerprint density at radius 2 is 2.06 bits per heavy atom. The van der Waals surface area contributed by atoms with Crippen molar-refractivity contribution in [1.82, 2.24) is 4.90 Å². The van der Waals surface area contributed by atoms with E-state index in [1.807, 2.05) is 0 Å². The van der Waals surface area contributed by atoms with E-state index in [-0.39, 0.29) is 0 Å². The molecule has 1 aromatic rings. The molecular weight excluding hydrogens is 242 g/mol. The van der Waals surface area contributed by atoms with Crippen LogP contribution in [0.2, 0.25) is 0 Å². The normalized spacial score (nSPS) is 21.1. The number of likely N-dealkylation sites (tertiary alicyclic amines) is 1. The fraction of sp³-hybridized carbons (Fsp3) is 0.600. The van der Waals surface area contributed by atoms with E-state index in [2.05, 4.69) is 35.4 Å². The highest BCUT2D eigenvalue weighted by atomic mass is 32.2. The number of piperidine rings is 1. The molecule has 0 bridgehead atoms. The standard InChI is InChI=1S/C15H23NOS/c1-18-15-7-5-13(6-8-15)12-16-10-3-2-4-14(16)9-11-17/h5-8,14,17H,2-4,9-12H2,1H3/t14-/m0/s1. The van der Waals surface area contributed by atoms with Crippen LogP contribution in [0.1, 0.15) is 31.2 Å². The van der Waals surface area contributed by atoms with E-state index in [9.17, 15) is 0 Å². The van der Waals surface area contributed by atoms with Gasteiger partial charge in [-0.2, -0.15) is 0 Å². The van der Waals surface area contributed by atoms with Gasteiger partial charge < -0.3 is 5.11 Å². The van der Waals surface area contributed by atoms with Crippen LogP contribution in [0.15, 0.2) is 29.2 Å². The molecule has 2 nitrogen and oxygen atoms in total. The van der Waals surface area contributed by atoms with Crippen molar-refractivity contribution in [3.63, 3.8) is 0 Å². The Morgan fingerprint density at radius 1 is 1.28 bits per heavy atom. The van der Waals surface area contributed by atoms with Crippen LogP contribution in [0.3, 0.4) is 0 Å². The summed E-state index contributed by atoms with van der Waals surface area (Å²) in [5.74, 6) is 0. The lowest BCUT2D eigenvalue weighted by Gasteiger charge is -2.35. The summed E-state index contributed by atoms with van der Waals surface area (Å²) in [6.07, 6.45) is 6.88. The highest BCUT2D eigenvalue weighted by molar-refractivity contribution is 7.98.